The van der Waals surface area contributed by atoms with Gasteiger partial charge >= 0.3 is 0 Å². The topological polar surface area (TPSA) is 84.7 Å². The van der Waals surface area contributed by atoms with Crippen LogP contribution in [0.5, 0.6) is 0 Å². The minimum absolute atomic E-state index is 0.00181. The van der Waals surface area contributed by atoms with Crippen LogP contribution >= 0.6 is 22.7 Å². The number of hydrogen-bond acceptors (Lipinski definition) is 7. The third-order valence-corrected chi connectivity index (χ3v) is 6.43. The molecule has 4 rings (SSSR count). The summed E-state index contributed by atoms with van der Waals surface area (Å²) in [5.74, 6) is 0.00965. The average molecular weight is 389 g/mol. The van der Waals surface area contributed by atoms with E-state index in [4.69, 9.17) is 0 Å². The van der Waals surface area contributed by atoms with E-state index in [0.717, 1.165) is 33.4 Å². The normalized spacial score (nSPS) is 19.8. The maximum atomic E-state index is 12.8. The maximum absolute atomic E-state index is 12.8. The Balaban J connectivity index is 1.49. The van der Waals surface area contributed by atoms with Gasteiger partial charge in [0.15, 0.2) is 5.13 Å². The molecule has 0 aromatic carbocycles. The molecule has 3 aromatic rings. The molecular formula is C17H20N6OS2. The first-order chi connectivity index (χ1) is 12.5. The lowest BCUT2D eigenvalue weighted by Crippen LogP contribution is -2.28. The molecule has 0 unspecified atom stereocenters. The van der Waals surface area contributed by atoms with Crippen LogP contribution in [0.15, 0.2) is 17.8 Å². The van der Waals surface area contributed by atoms with E-state index in [1.165, 1.54) is 11.3 Å². The van der Waals surface area contributed by atoms with E-state index in [0.29, 0.717) is 11.7 Å². The zero-order valence-electron chi connectivity index (χ0n) is 14.8. The summed E-state index contributed by atoms with van der Waals surface area (Å²) < 4.78 is 1.77. The highest BCUT2D eigenvalue weighted by atomic mass is 32.1. The summed E-state index contributed by atoms with van der Waals surface area (Å²) in [6.07, 6.45) is 3.82. The number of carbonyl (C=O) groups excluding carboxylic acids is 1. The van der Waals surface area contributed by atoms with Crippen molar-refractivity contribution in [3.63, 3.8) is 0 Å². The van der Waals surface area contributed by atoms with Gasteiger partial charge < -0.3 is 10.6 Å². The van der Waals surface area contributed by atoms with Gasteiger partial charge in [-0.25, -0.2) is 9.97 Å². The Kier molecular flexibility index (Phi) is 4.60. The lowest BCUT2D eigenvalue weighted by atomic mass is 9.90. The molecule has 1 fully saturated rings. The van der Waals surface area contributed by atoms with E-state index < -0.39 is 0 Å². The van der Waals surface area contributed by atoms with E-state index in [2.05, 4.69) is 25.7 Å². The Morgan fingerprint density at radius 2 is 2.19 bits per heavy atom. The second-order valence-corrected chi connectivity index (χ2v) is 8.55. The maximum Gasteiger partial charge on any atom is 0.231 e. The van der Waals surface area contributed by atoms with Crippen LogP contribution in [0, 0.1) is 19.8 Å². The minimum Gasteiger partial charge on any atom is -0.315 e. The van der Waals surface area contributed by atoms with Crippen molar-refractivity contribution in [1.82, 2.24) is 25.1 Å². The molecule has 1 saturated heterocycles. The number of rotatable bonds is 4. The lowest BCUT2D eigenvalue weighted by molar-refractivity contribution is -0.119. The Morgan fingerprint density at radius 1 is 1.35 bits per heavy atom. The number of nitrogens with zero attached hydrogens (tertiary/aromatic N) is 4. The number of hydrogen-bond donors (Lipinski definition) is 2. The van der Waals surface area contributed by atoms with Crippen LogP contribution < -0.4 is 10.6 Å². The third-order valence-electron chi connectivity index (χ3n) is 4.57. The predicted octanol–water partition coefficient (Wildman–Crippen LogP) is 2.56. The first-order valence-corrected chi connectivity index (χ1v) is 10.1. The Labute approximate surface area is 159 Å². The fourth-order valence-corrected chi connectivity index (χ4v) is 5.00. The van der Waals surface area contributed by atoms with Gasteiger partial charge in [-0.1, -0.05) is 0 Å². The number of anilines is 1. The quantitative estimate of drug-likeness (QED) is 0.718. The van der Waals surface area contributed by atoms with Crippen molar-refractivity contribution in [2.45, 2.75) is 19.8 Å². The van der Waals surface area contributed by atoms with Crippen molar-refractivity contribution in [3.05, 3.63) is 34.0 Å². The van der Waals surface area contributed by atoms with Crippen molar-refractivity contribution in [2.24, 2.45) is 13.0 Å². The molecule has 2 atom stereocenters. The van der Waals surface area contributed by atoms with Gasteiger partial charge in [0.2, 0.25) is 5.91 Å². The first-order valence-electron chi connectivity index (χ1n) is 8.41. The zero-order valence-corrected chi connectivity index (χ0v) is 16.4. The summed E-state index contributed by atoms with van der Waals surface area (Å²) in [5, 5.41) is 14.2. The third kappa shape index (κ3) is 3.29. The van der Waals surface area contributed by atoms with E-state index in [-0.39, 0.29) is 17.7 Å². The van der Waals surface area contributed by atoms with Gasteiger partial charge in [0.25, 0.3) is 0 Å². The van der Waals surface area contributed by atoms with Gasteiger partial charge in [0.05, 0.1) is 33.4 Å². The molecule has 0 radical (unpaired) electrons. The number of thiazole rings is 2. The molecule has 1 amide bonds. The molecule has 0 aliphatic carbocycles. The molecule has 9 heteroatoms. The van der Waals surface area contributed by atoms with E-state index in [9.17, 15) is 4.79 Å². The highest BCUT2D eigenvalue weighted by Crippen LogP contribution is 2.33. The van der Waals surface area contributed by atoms with Gasteiger partial charge in [-0.2, -0.15) is 5.10 Å². The Morgan fingerprint density at radius 3 is 2.88 bits per heavy atom. The van der Waals surface area contributed by atoms with Crippen molar-refractivity contribution in [1.29, 1.82) is 0 Å². The number of aromatic nitrogens is 4. The second-order valence-electron chi connectivity index (χ2n) is 6.49. The predicted molar refractivity (Wildman–Crippen MR) is 104 cm³/mol. The lowest BCUT2D eigenvalue weighted by Gasteiger charge is -2.15. The van der Waals surface area contributed by atoms with Crippen molar-refractivity contribution >= 4 is 33.7 Å². The molecular weight excluding hydrogens is 368 g/mol. The number of amides is 1. The number of nitrogens with one attached hydrogen (secondary N) is 2. The Bertz CT molecular complexity index is 943. The molecule has 0 bridgehead atoms. The fraction of sp³-hybridized carbons (Fsp3) is 0.412. The average Bonchev–Trinajstić information content (AvgIpc) is 3.34. The molecule has 1 aliphatic rings. The van der Waals surface area contributed by atoms with Gasteiger partial charge in [-0.05, 0) is 19.4 Å². The van der Waals surface area contributed by atoms with Crippen LogP contribution in [0.3, 0.4) is 0 Å². The molecule has 136 valence electrons. The fourth-order valence-electron chi connectivity index (χ4n) is 3.34. The molecule has 4 heterocycles. The van der Waals surface area contributed by atoms with Crippen LogP contribution in [-0.2, 0) is 11.8 Å². The molecule has 0 spiro atoms. The highest BCUT2D eigenvalue weighted by molar-refractivity contribution is 7.16. The molecule has 26 heavy (non-hydrogen) atoms. The highest BCUT2D eigenvalue weighted by Gasteiger charge is 2.35. The van der Waals surface area contributed by atoms with Gasteiger partial charge in [-0.15, -0.1) is 22.7 Å². The van der Waals surface area contributed by atoms with Crippen LogP contribution in [0.2, 0.25) is 0 Å². The van der Waals surface area contributed by atoms with E-state index in [1.54, 1.807) is 16.0 Å². The van der Waals surface area contributed by atoms with Gasteiger partial charge in [0, 0.05) is 37.6 Å². The van der Waals surface area contributed by atoms with Crippen molar-refractivity contribution < 1.29 is 4.79 Å². The number of aryl methyl sites for hydroxylation is 3. The summed E-state index contributed by atoms with van der Waals surface area (Å²) in [6, 6.07) is 0. The molecule has 1 aliphatic heterocycles. The minimum atomic E-state index is -0.126. The summed E-state index contributed by atoms with van der Waals surface area (Å²) in [6.45, 7) is 5.42. The van der Waals surface area contributed by atoms with Crippen LogP contribution in [-0.4, -0.2) is 38.7 Å². The molecule has 3 aromatic heterocycles. The van der Waals surface area contributed by atoms with Gasteiger partial charge in [0.1, 0.15) is 0 Å². The Hall–Kier alpha value is -2.10. The molecule has 2 N–H and O–H groups in total. The van der Waals surface area contributed by atoms with E-state index >= 15 is 0 Å². The molecule has 0 saturated carbocycles. The largest absolute Gasteiger partial charge is 0.315 e. The molecule has 7 nitrogen and oxygen atoms in total. The summed E-state index contributed by atoms with van der Waals surface area (Å²) >= 11 is 3.08. The van der Waals surface area contributed by atoms with Gasteiger partial charge in [-0.3, -0.25) is 9.48 Å². The second kappa shape index (κ2) is 6.90. The summed E-state index contributed by atoms with van der Waals surface area (Å²) in [7, 11) is 1.89. The number of carbonyl (C=O) groups is 1. The SMILES string of the molecule is Cc1nc(C)c(-c2csc(NC(=O)[C@H]3CNC[C@@H]3c3cnn(C)c3)n2)s1. The standard InChI is InChI=1S/C17H20N6OS2/c1-9-15(26-10(2)20-9)14-8-25-17(21-14)22-16(24)13-6-18-5-12(13)11-4-19-23(3)7-11/h4,7-8,12-13,18H,5-6H2,1-3H3,(H,21,22,24)/t12-,13+/m1/s1. The van der Waals surface area contributed by atoms with Crippen LogP contribution in [0.1, 0.15) is 22.2 Å². The summed E-state index contributed by atoms with van der Waals surface area (Å²) in [4.78, 5) is 22.9. The zero-order chi connectivity index (χ0) is 18.3. The first kappa shape index (κ1) is 17.3. The van der Waals surface area contributed by atoms with Crippen LogP contribution in [0.4, 0.5) is 5.13 Å². The monoisotopic (exact) mass is 388 g/mol. The van der Waals surface area contributed by atoms with E-state index in [1.807, 2.05) is 38.7 Å². The summed E-state index contributed by atoms with van der Waals surface area (Å²) in [5.41, 5.74) is 2.95. The smallest absolute Gasteiger partial charge is 0.231 e. The van der Waals surface area contributed by atoms with Crippen molar-refractivity contribution in [3.8, 4) is 10.6 Å². The van der Waals surface area contributed by atoms with Crippen molar-refractivity contribution in [2.75, 3.05) is 18.4 Å². The van der Waals surface area contributed by atoms with Crippen LogP contribution in [0.25, 0.3) is 10.6 Å².